The first-order valence-corrected chi connectivity index (χ1v) is 5.90. The number of hydrogen-bond acceptors (Lipinski definition) is 4. The summed E-state index contributed by atoms with van der Waals surface area (Å²) in [7, 11) is 0. The Hall–Kier alpha value is -3.09. The van der Waals surface area contributed by atoms with Gasteiger partial charge in [-0.2, -0.15) is 5.10 Å². The Morgan fingerprint density at radius 3 is 2.71 bits per heavy atom. The highest BCUT2D eigenvalue weighted by atomic mass is 19.1. The van der Waals surface area contributed by atoms with Crippen LogP contribution < -0.4 is 5.43 Å². The van der Waals surface area contributed by atoms with Crippen molar-refractivity contribution in [2.75, 3.05) is 0 Å². The van der Waals surface area contributed by atoms with Gasteiger partial charge in [0, 0.05) is 23.3 Å². The van der Waals surface area contributed by atoms with Gasteiger partial charge in [0.15, 0.2) is 0 Å². The van der Waals surface area contributed by atoms with Gasteiger partial charge < -0.3 is 0 Å². The van der Waals surface area contributed by atoms with Crippen LogP contribution in [-0.4, -0.2) is 17.0 Å². The average molecular weight is 287 g/mol. The molecule has 0 saturated carbocycles. The smallest absolute Gasteiger partial charge is 0.267 e. The van der Waals surface area contributed by atoms with Crippen LogP contribution in [0.15, 0.2) is 53.6 Å². The van der Waals surface area contributed by atoms with Gasteiger partial charge in [-0.25, -0.2) is 9.82 Å². The maximum Gasteiger partial charge on any atom is 0.271 e. The molecule has 0 spiro atoms. The maximum atomic E-state index is 13.3. The summed E-state index contributed by atoms with van der Waals surface area (Å²) in [5, 5.41) is 14.2. The van der Waals surface area contributed by atoms with E-state index in [1.54, 1.807) is 6.07 Å². The van der Waals surface area contributed by atoms with Gasteiger partial charge in [-0.15, -0.1) is 0 Å². The second-order valence-electron chi connectivity index (χ2n) is 4.03. The summed E-state index contributed by atoms with van der Waals surface area (Å²) < 4.78 is 13.3. The number of rotatable bonds is 4. The molecule has 6 nitrogen and oxygen atoms in total. The van der Waals surface area contributed by atoms with E-state index in [1.807, 2.05) is 0 Å². The molecule has 0 heterocycles. The Morgan fingerprint density at radius 2 is 2.00 bits per heavy atom. The molecule has 0 aliphatic carbocycles. The predicted molar refractivity (Wildman–Crippen MR) is 74.6 cm³/mol. The molecule has 0 bridgehead atoms. The minimum atomic E-state index is -0.619. The highest BCUT2D eigenvalue weighted by molar-refractivity contribution is 5.95. The fourth-order valence-corrected chi connectivity index (χ4v) is 1.57. The summed E-state index contributed by atoms with van der Waals surface area (Å²) in [6.07, 6.45) is 1.16. The third-order valence-corrected chi connectivity index (χ3v) is 2.59. The monoisotopic (exact) mass is 287 g/mol. The topological polar surface area (TPSA) is 84.6 Å². The van der Waals surface area contributed by atoms with Crippen molar-refractivity contribution in [1.82, 2.24) is 5.43 Å². The highest BCUT2D eigenvalue weighted by Crippen LogP contribution is 2.12. The van der Waals surface area contributed by atoms with Gasteiger partial charge in [0.05, 0.1) is 11.1 Å². The van der Waals surface area contributed by atoms with Crippen LogP contribution in [0.2, 0.25) is 0 Å². The molecule has 0 saturated heterocycles. The molecule has 106 valence electrons. The molecule has 0 aliphatic rings. The van der Waals surface area contributed by atoms with Crippen molar-refractivity contribution in [1.29, 1.82) is 0 Å². The molecule has 1 N–H and O–H groups in total. The minimum absolute atomic E-state index is 0.0925. The standard InChI is InChI=1S/C14H10FN3O3/c15-13-7-2-1-4-11(13)9-16-17-14(19)10-5-3-6-12(8-10)18(20)21/h1-9H,(H,17,19)/b16-9-. The number of nitrogens with one attached hydrogen (secondary N) is 1. The molecule has 1 amide bonds. The van der Waals surface area contributed by atoms with E-state index >= 15 is 0 Å². The fourth-order valence-electron chi connectivity index (χ4n) is 1.57. The fraction of sp³-hybridized carbons (Fsp3) is 0. The Bertz CT molecular complexity index is 716. The van der Waals surface area contributed by atoms with Crippen LogP contribution in [0.3, 0.4) is 0 Å². The van der Waals surface area contributed by atoms with E-state index in [1.165, 1.54) is 36.4 Å². The zero-order valence-corrected chi connectivity index (χ0v) is 10.7. The van der Waals surface area contributed by atoms with Crippen LogP contribution in [0, 0.1) is 15.9 Å². The molecule has 0 fully saturated rings. The van der Waals surface area contributed by atoms with Crippen LogP contribution in [0.4, 0.5) is 10.1 Å². The Morgan fingerprint density at radius 1 is 1.24 bits per heavy atom. The van der Waals surface area contributed by atoms with E-state index in [0.717, 1.165) is 12.3 Å². The van der Waals surface area contributed by atoms with Crippen molar-refractivity contribution >= 4 is 17.8 Å². The molecule has 2 rings (SSSR count). The molecule has 2 aromatic rings. The van der Waals surface area contributed by atoms with Crippen LogP contribution in [-0.2, 0) is 0 Å². The Labute approximate surface area is 119 Å². The Balaban J connectivity index is 2.07. The van der Waals surface area contributed by atoms with Crippen molar-refractivity contribution in [3.05, 3.63) is 75.6 Å². The van der Waals surface area contributed by atoms with Crippen LogP contribution in [0.1, 0.15) is 15.9 Å². The second-order valence-corrected chi connectivity index (χ2v) is 4.03. The third-order valence-electron chi connectivity index (χ3n) is 2.59. The van der Waals surface area contributed by atoms with Gasteiger partial charge in [-0.3, -0.25) is 14.9 Å². The molecule has 0 aromatic heterocycles. The number of non-ortho nitro benzene ring substituents is 1. The van der Waals surface area contributed by atoms with Crippen molar-refractivity contribution in [2.24, 2.45) is 5.10 Å². The number of benzene rings is 2. The normalized spacial score (nSPS) is 10.5. The molecular formula is C14H10FN3O3. The molecule has 0 atom stereocenters. The van der Waals surface area contributed by atoms with Gasteiger partial charge in [0.25, 0.3) is 11.6 Å². The van der Waals surface area contributed by atoms with Gasteiger partial charge in [0.2, 0.25) is 0 Å². The van der Waals surface area contributed by atoms with E-state index in [9.17, 15) is 19.3 Å². The number of carbonyl (C=O) groups is 1. The van der Waals surface area contributed by atoms with E-state index in [-0.39, 0.29) is 16.8 Å². The number of nitrogens with zero attached hydrogens (tertiary/aromatic N) is 2. The quantitative estimate of drug-likeness (QED) is 0.532. The molecule has 0 aliphatic heterocycles. The van der Waals surface area contributed by atoms with E-state index in [0.29, 0.717) is 0 Å². The van der Waals surface area contributed by atoms with Crippen molar-refractivity contribution < 1.29 is 14.1 Å². The van der Waals surface area contributed by atoms with Crippen molar-refractivity contribution in [3.63, 3.8) is 0 Å². The zero-order valence-electron chi connectivity index (χ0n) is 10.7. The Kier molecular flexibility index (Phi) is 4.35. The highest BCUT2D eigenvalue weighted by Gasteiger charge is 2.10. The van der Waals surface area contributed by atoms with Gasteiger partial charge >= 0.3 is 0 Å². The second kappa shape index (κ2) is 6.38. The summed E-state index contributed by atoms with van der Waals surface area (Å²) in [5.41, 5.74) is 2.30. The first kappa shape index (κ1) is 14.3. The van der Waals surface area contributed by atoms with E-state index in [4.69, 9.17) is 0 Å². The van der Waals surface area contributed by atoms with E-state index < -0.39 is 16.6 Å². The SMILES string of the molecule is O=C(N/N=C\c1ccccc1F)c1cccc([N+](=O)[O-])c1. The number of carbonyl (C=O) groups excluding carboxylic acids is 1. The lowest BCUT2D eigenvalue weighted by atomic mass is 10.2. The number of halogens is 1. The molecule has 0 unspecified atom stereocenters. The molecule has 2 aromatic carbocycles. The summed E-state index contributed by atoms with van der Waals surface area (Å²) in [6.45, 7) is 0. The van der Waals surface area contributed by atoms with Crippen LogP contribution in [0.5, 0.6) is 0 Å². The summed E-state index contributed by atoms with van der Waals surface area (Å²) in [5.74, 6) is -1.09. The molecule has 7 heteroatoms. The van der Waals surface area contributed by atoms with Crippen LogP contribution >= 0.6 is 0 Å². The summed E-state index contributed by atoms with van der Waals surface area (Å²) >= 11 is 0. The minimum Gasteiger partial charge on any atom is -0.267 e. The lowest BCUT2D eigenvalue weighted by Crippen LogP contribution is -2.17. The number of nitro benzene ring substituents is 1. The number of amides is 1. The summed E-state index contributed by atoms with van der Waals surface area (Å²) in [6, 6.07) is 11.2. The van der Waals surface area contributed by atoms with Gasteiger partial charge in [-0.05, 0) is 12.1 Å². The zero-order chi connectivity index (χ0) is 15.2. The lowest BCUT2D eigenvalue weighted by molar-refractivity contribution is -0.384. The molecule has 21 heavy (non-hydrogen) atoms. The molecular weight excluding hydrogens is 277 g/mol. The van der Waals surface area contributed by atoms with Crippen molar-refractivity contribution in [2.45, 2.75) is 0 Å². The van der Waals surface area contributed by atoms with Gasteiger partial charge in [0.1, 0.15) is 5.82 Å². The molecule has 0 radical (unpaired) electrons. The first-order chi connectivity index (χ1) is 10.1. The maximum absolute atomic E-state index is 13.3. The van der Waals surface area contributed by atoms with Crippen molar-refractivity contribution in [3.8, 4) is 0 Å². The predicted octanol–water partition coefficient (Wildman–Crippen LogP) is 2.50. The lowest BCUT2D eigenvalue weighted by Gasteiger charge is -2.00. The third kappa shape index (κ3) is 3.69. The average Bonchev–Trinajstić information content (AvgIpc) is 2.49. The first-order valence-electron chi connectivity index (χ1n) is 5.90. The largest absolute Gasteiger partial charge is 0.271 e. The number of hydrogen-bond donors (Lipinski definition) is 1. The van der Waals surface area contributed by atoms with E-state index in [2.05, 4.69) is 10.5 Å². The number of nitro groups is 1. The van der Waals surface area contributed by atoms with Gasteiger partial charge in [-0.1, -0.05) is 24.3 Å². The van der Waals surface area contributed by atoms with Crippen LogP contribution in [0.25, 0.3) is 0 Å². The summed E-state index contributed by atoms with van der Waals surface area (Å²) in [4.78, 5) is 21.8. The number of hydrazone groups is 1.